The average molecular weight is 348 g/mol. The Morgan fingerprint density at radius 3 is 2.08 bits per heavy atom. The van der Waals surface area contributed by atoms with E-state index in [1.165, 1.54) is 37.0 Å². The first-order valence-corrected chi connectivity index (χ1v) is 9.92. The van der Waals surface area contributed by atoms with E-state index < -0.39 is 0 Å². The number of fused-ring (bicyclic) bond motifs is 5. The highest BCUT2D eigenvalue weighted by Gasteiger charge is 2.62. The molecule has 3 amide bonds. The summed E-state index contributed by atoms with van der Waals surface area (Å²) in [6.07, 6.45) is 10.2. The van der Waals surface area contributed by atoms with Gasteiger partial charge in [0.05, 0.1) is 24.0 Å². The van der Waals surface area contributed by atoms with E-state index in [2.05, 4.69) is 5.32 Å². The van der Waals surface area contributed by atoms with Crippen LogP contribution in [-0.4, -0.2) is 47.9 Å². The highest BCUT2D eigenvalue weighted by Crippen LogP contribution is 2.48. The molecule has 1 saturated carbocycles. The fourth-order valence-electron chi connectivity index (χ4n) is 5.13. The second-order valence-corrected chi connectivity index (χ2v) is 8.12. The minimum Gasteiger partial charge on any atom is -0.373 e. The van der Waals surface area contributed by atoms with Gasteiger partial charge in [0.1, 0.15) is 6.54 Å². The van der Waals surface area contributed by atoms with E-state index >= 15 is 0 Å². The molecule has 0 aromatic carbocycles. The largest absolute Gasteiger partial charge is 0.373 e. The monoisotopic (exact) mass is 348 g/mol. The molecular weight excluding hydrogens is 320 g/mol. The third-order valence-electron chi connectivity index (χ3n) is 6.49. The van der Waals surface area contributed by atoms with Gasteiger partial charge in [-0.1, -0.05) is 32.1 Å². The predicted octanol–water partition coefficient (Wildman–Crippen LogP) is 1.63. The summed E-state index contributed by atoms with van der Waals surface area (Å²) in [7, 11) is 0. The molecule has 3 aliphatic heterocycles. The molecule has 4 aliphatic rings. The number of ether oxygens (including phenoxy) is 1. The Morgan fingerprint density at radius 2 is 1.48 bits per heavy atom. The molecule has 6 heteroatoms. The molecule has 0 aromatic rings. The van der Waals surface area contributed by atoms with Crippen LogP contribution >= 0.6 is 0 Å². The summed E-state index contributed by atoms with van der Waals surface area (Å²) in [4.78, 5) is 38.6. The van der Waals surface area contributed by atoms with Gasteiger partial charge in [-0.05, 0) is 31.6 Å². The van der Waals surface area contributed by atoms with E-state index in [0.717, 1.165) is 25.7 Å². The van der Waals surface area contributed by atoms with Gasteiger partial charge in [0.15, 0.2) is 0 Å². The van der Waals surface area contributed by atoms with Crippen molar-refractivity contribution in [2.75, 3.05) is 13.1 Å². The molecule has 4 rings (SSSR count). The number of imide groups is 1. The lowest BCUT2D eigenvalue weighted by molar-refractivity contribution is -0.146. The highest BCUT2D eigenvalue weighted by atomic mass is 16.5. The SMILES string of the molecule is O=C(CN1C(=O)[C@@H]2[C@H](C1=O)[C@H]1CC[C@H]2O1)NCC1CCCCCCC1. The van der Waals surface area contributed by atoms with Crippen molar-refractivity contribution in [3.63, 3.8) is 0 Å². The summed E-state index contributed by atoms with van der Waals surface area (Å²) in [6, 6.07) is 0. The predicted molar refractivity (Wildman–Crippen MR) is 90.4 cm³/mol. The van der Waals surface area contributed by atoms with Crippen molar-refractivity contribution in [3.05, 3.63) is 0 Å². The Bertz CT molecular complexity index is 528. The molecule has 0 radical (unpaired) electrons. The van der Waals surface area contributed by atoms with Crippen molar-refractivity contribution >= 4 is 17.7 Å². The van der Waals surface area contributed by atoms with Gasteiger partial charge < -0.3 is 10.1 Å². The summed E-state index contributed by atoms with van der Waals surface area (Å²) in [5.41, 5.74) is 0. The number of amides is 3. The molecule has 25 heavy (non-hydrogen) atoms. The molecule has 4 atom stereocenters. The maximum absolute atomic E-state index is 12.6. The summed E-state index contributed by atoms with van der Waals surface area (Å²) in [5.74, 6) is -0.782. The minimum absolute atomic E-state index is 0.116. The van der Waals surface area contributed by atoms with E-state index in [9.17, 15) is 14.4 Å². The van der Waals surface area contributed by atoms with Crippen LogP contribution in [0.5, 0.6) is 0 Å². The molecular formula is C19H28N2O4. The van der Waals surface area contributed by atoms with Gasteiger partial charge >= 0.3 is 0 Å². The van der Waals surface area contributed by atoms with E-state index in [1.807, 2.05) is 0 Å². The summed E-state index contributed by atoms with van der Waals surface area (Å²) < 4.78 is 5.71. The van der Waals surface area contributed by atoms with Crippen LogP contribution in [0.3, 0.4) is 0 Å². The number of nitrogens with one attached hydrogen (secondary N) is 1. The number of carbonyl (C=O) groups is 3. The first-order valence-electron chi connectivity index (χ1n) is 9.92. The third-order valence-corrected chi connectivity index (χ3v) is 6.49. The number of likely N-dealkylation sites (tertiary alicyclic amines) is 1. The molecule has 138 valence electrons. The van der Waals surface area contributed by atoms with Crippen LogP contribution in [0.25, 0.3) is 0 Å². The van der Waals surface area contributed by atoms with Crippen molar-refractivity contribution in [2.24, 2.45) is 17.8 Å². The summed E-state index contributed by atoms with van der Waals surface area (Å²) in [5, 5.41) is 2.96. The fourth-order valence-corrected chi connectivity index (χ4v) is 5.13. The zero-order valence-corrected chi connectivity index (χ0v) is 14.7. The van der Waals surface area contributed by atoms with E-state index in [1.54, 1.807) is 0 Å². The molecule has 2 bridgehead atoms. The molecule has 1 N–H and O–H groups in total. The topological polar surface area (TPSA) is 75.7 Å². The Hall–Kier alpha value is -1.43. The normalized spacial score (nSPS) is 35.6. The molecule has 4 fully saturated rings. The smallest absolute Gasteiger partial charge is 0.240 e. The van der Waals surface area contributed by atoms with Gasteiger partial charge in [0.25, 0.3) is 0 Å². The maximum atomic E-state index is 12.6. The van der Waals surface area contributed by atoms with Gasteiger partial charge in [-0.25, -0.2) is 0 Å². The van der Waals surface area contributed by atoms with Gasteiger partial charge in [-0.3, -0.25) is 19.3 Å². The van der Waals surface area contributed by atoms with Crippen molar-refractivity contribution < 1.29 is 19.1 Å². The van der Waals surface area contributed by atoms with Crippen molar-refractivity contribution in [1.29, 1.82) is 0 Å². The van der Waals surface area contributed by atoms with Crippen LogP contribution in [0.1, 0.15) is 57.8 Å². The van der Waals surface area contributed by atoms with Crippen molar-refractivity contribution in [2.45, 2.75) is 70.0 Å². The third kappa shape index (κ3) is 3.21. The molecule has 0 spiro atoms. The number of carbonyl (C=O) groups excluding carboxylic acids is 3. The van der Waals surface area contributed by atoms with Gasteiger partial charge in [0.2, 0.25) is 17.7 Å². The first-order chi connectivity index (χ1) is 12.1. The molecule has 3 saturated heterocycles. The Morgan fingerprint density at radius 1 is 0.920 bits per heavy atom. The average Bonchev–Trinajstić information content (AvgIpc) is 3.24. The number of hydrogen-bond donors (Lipinski definition) is 1. The van der Waals surface area contributed by atoms with Crippen LogP contribution in [-0.2, 0) is 19.1 Å². The van der Waals surface area contributed by atoms with Crippen LogP contribution in [0.4, 0.5) is 0 Å². The van der Waals surface area contributed by atoms with E-state index in [4.69, 9.17) is 4.74 Å². The molecule has 1 aliphatic carbocycles. The number of rotatable bonds is 4. The summed E-state index contributed by atoms with van der Waals surface area (Å²) >= 11 is 0. The zero-order valence-electron chi connectivity index (χ0n) is 14.7. The molecule has 3 heterocycles. The highest BCUT2D eigenvalue weighted by molar-refractivity contribution is 6.08. The zero-order chi connectivity index (χ0) is 17.4. The van der Waals surface area contributed by atoms with Crippen molar-refractivity contribution in [1.82, 2.24) is 10.2 Å². The summed E-state index contributed by atoms with van der Waals surface area (Å²) in [6.45, 7) is 0.535. The molecule has 6 nitrogen and oxygen atoms in total. The lowest BCUT2D eigenvalue weighted by Gasteiger charge is -2.21. The quantitative estimate of drug-likeness (QED) is 0.784. The second kappa shape index (κ2) is 7.06. The van der Waals surface area contributed by atoms with Crippen LogP contribution in [0.15, 0.2) is 0 Å². The van der Waals surface area contributed by atoms with Crippen LogP contribution in [0, 0.1) is 17.8 Å². The second-order valence-electron chi connectivity index (χ2n) is 8.12. The lowest BCUT2D eigenvalue weighted by atomic mass is 9.81. The van der Waals surface area contributed by atoms with Gasteiger partial charge in [-0.2, -0.15) is 0 Å². The van der Waals surface area contributed by atoms with Gasteiger partial charge in [-0.15, -0.1) is 0 Å². The lowest BCUT2D eigenvalue weighted by Crippen LogP contribution is -2.43. The molecule has 0 unspecified atom stereocenters. The molecule has 0 aromatic heterocycles. The number of nitrogens with zero attached hydrogens (tertiary/aromatic N) is 1. The maximum Gasteiger partial charge on any atom is 0.240 e. The van der Waals surface area contributed by atoms with Crippen LogP contribution in [0.2, 0.25) is 0 Å². The van der Waals surface area contributed by atoms with Gasteiger partial charge in [0, 0.05) is 6.54 Å². The van der Waals surface area contributed by atoms with Crippen LogP contribution < -0.4 is 5.32 Å². The minimum atomic E-state index is -0.343. The standard InChI is InChI=1S/C19H28N2O4/c22-15(20-10-12-6-4-2-1-3-5-7-12)11-21-18(23)16-13-8-9-14(25-13)17(16)19(21)24/h12-14,16-17H,1-11H2,(H,20,22)/t13-,14-,16-,17+/m1/s1. The Balaban J connectivity index is 1.29. The fraction of sp³-hybridized carbons (Fsp3) is 0.842. The van der Waals surface area contributed by atoms with Crippen molar-refractivity contribution in [3.8, 4) is 0 Å². The number of hydrogen-bond acceptors (Lipinski definition) is 4. The van der Waals surface area contributed by atoms with E-state index in [0.29, 0.717) is 12.5 Å². The Labute approximate surface area is 148 Å². The van der Waals surface area contributed by atoms with E-state index in [-0.39, 0.29) is 48.3 Å². The Kier molecular flexibility index (Phi) is 4.80. The first kappa shape index (κ1) is 17.0.